The lowest BCUT2D eigenvalue weighted by Gasteiger charge is -2.34. The molecule has 0 unspecified atom stereocenters. The van der Waals surface area contributed by atoms with Gasteiger partial charge in [0.15, 0.2) is 0 Å². The van der Waals surface area contributed by atoms with Gasteiger partial charge in [0.1, 0.15) is 0 Å². The molecule has 1 aliphatic rings. The predicted octanol–water partition coefficient (Wildman–Crippen LogP) is 13.8. The monoisotopic (exact) mass is 683 g/mol. The minimum absolute atomic E-state index is 0.478. The van der Waals surface area contributed by atoms with E-state index in [0.717, 1.165) is 0 Å². The maximum Gasteiger partial charge on any atom is 0.0714 e. The SMILES string of the molecule is c1ccc(C2(c3ccccc3)c3cccc4ccc5cc(-c6c7ccccc7c(-n7c8ccccc8c8ccccc87)c7ccccc67)cc2c5c34)cc1. The summed E-state index contributed by atoms with van der Waals surface area (Å²) in [7, 11) is 0. The maximum absolute atomic E-state index is 2.54. The Balaban J connectivity index is 1.24. The first-order chi connectivity index (χ1) is 26.8. The van der Waals surface area contributed by atoms with E-state index < -0.39 is 5.41 Å². The van der Waals surface area contributed by atoms with E-state index in [4.69, 9.17) is 0 Å². The first-order valence-corrected chi connectivity index (χ1v) is 18.9. The number of rotatable bonds is 4. The van der Waals surface area contributed by atoms with E-state index in [0.29, 0.717) is 0 Å². The molecular weight excluding hydrogens is 651 g/mol. The average Bonchev–Trinajstić information content (AvgIpc) is 3.74. The fourth-order valence-corrected chi connectivity index (χ4v) is 10.1. The molecule has 0 saturated heterocycles. The van der Waals surface area contributed by atoms with Crippen molar-refractivity contribution in [3.63, 3.8) is 0 Å². The van der Waals surface area contributed by atoms with Crippen LogP contribution < -0.4 is 0 Å². The van der Waals surface area contributed by atoms with Crippen molar-refractivity contribution in [3.8, 4) is 16.8 Å². The van der Waals surface area contributed by atoms with Gasteiger partial charge >= 0.3 is 0 Å². The molecule has 0 N–H and O–H groups in total. The molecular formula is C53H33N. The number of benzene rings is 10. The zero-order chi connectivity index (χ0) is 35.4. The smallest absolute Gasteiger partial charge is 0.0714 e. The Morgan fingerprint density at radius 1 is 0.333 bits per heavy atom. The molecule has 1 heteroatoms. The maximum atomic E-state index is 2.54. The van der Waals surface area contributed by atoms with Crippen molar-refractivity contribution < 1.29 is 0 Å². The third-order valence-electron chi connectivity index (χ3n) is 12.2. The van der Waals surface area contributed by atoms with Crippen LogP contribution in [0.1, 0.15) is 22.3 Å². The van der Waals surface area contributed by atoms with Gasteiger partial charge in [0.05, 0.1) is 22.1 Å². The fraction of sp³-hybridized carbons (Fsp3) is 0.0189. The third-order valence-corrected chi connectivity index (χ3v) is 12.2. The second-order valence-corrected chi connectivity index (χ2v) is 14.8. The van der Waals surface area contributed by atoms with Crippen LogP contribution in [-0.2, 0) is 5.41 Å². The van der Waals surface area contributed by atoms with Crippen LogP contribution in [0.25, 0.3) is 81.7 Å². The molecule has 250 valence electrons. The third kappa shape index (κ3) is 3.78. The summed E-state index contributed by atoms with van der Waals surface area (Å²) < 4.78 is 2.50. The van der Waals surface area contributed by atoms with Gasteiger partial charge in [-0.3, -0.25) is 0 Å². The molecule has 0 atom stereocenters. The molecule has 1 nitrogen and oxygen atoms in total. The van der Waals surface area contributed by atoms with Gasteiger partial charge < -0.3 is 4.57 Å². The first kappa shape index (κ1) is 29.6. The van der Waals surface area contributed by atoms with Crippen LogP contribution in [-0.4, -0.2) is 4.57 Å². The summed E-state index contributed by atoms with van der Waals surface area (Å²) in [5, 5.41) is 12.8. The van der Waals surface area contributed by atoms with E-state index in [1.54, 1.807) is 0 Å². The molecule has 10 aromatic carbocycles. The summed E-state index contributed by atoms with van der Waals surface area (Å²) in [6, 6.07) is 74.6. The largest absolute Gasteiger partial charge is 0.308 e. The van der Waals surface area contributed by atoms with E-state index >= 15 is 0 Å². The fourth-order valence-electron chi connectivity index (χ4n) is 10.1. The highest BCUT2D eigenvalue weighted by Gasteiger charge is 2.45. The van der Waals surface area contributed by atoms with Crippen LogP contribution >= 0.6 is 0 Å². The van der Waals surface area contributed by atoms with E-state index in [1.807, 2.05) is 0 Å². The summed E-state index contributed by atoms with van der Waals surface area (Å²) in [6.07, 6.45) is 0. The Morgan fingerprint density at radius 2 is 0.815 bits per heavy atom. The Morgan fingerprint density at radius 3 is 1.41 bits per heavy atom. The molecule has 0 amide bonds. The van der Waals surface area contributed by atoms with Gasteiger partial charge in [0.25, 0.3) is 0 Å². The van der Waals surface area contributed by atoms with Crippen molar-refractivity contribution in [1.82, 2.24) is 4.57 Å². The van der Waals surface area contributed by atoms with Gasteiger partial charge in [-0.25, -0.2) is 0 Å². The summed E-state index contributed by atoms with van der Waals surface area (Å²) in [5.74, 6) is 0. The second-order valence-electron chi connectivity index (χ2n) is 14.8. The molecule has 1 heterocycles. The van der Waals surface area contributed by atoms with Gasteiger partial charge in [-0.05, 0) is 90.0 Å². The van der Waals surface area contributed by atoms with E-state index in [-0.39, 0.29) is 0 Å². The van der Waals surface area contributed by atoms with Crippen molar-refractivity contribution >= 4 is 64.9 Å². The molecule has 12 rings (SSSR count). The van der Waals surface area contributed by atoms with E-state index in [9.17, 15) is 0 Å². The van der Waals surface area contributed by atoms with E-state index in [1.165, 1.54) is 104 Å². The Kier molecular flexibility index (Phi) is 6.04. The number of aromatic nitrogens is 1. The van der Waals surface area contributed by atoms with Crippen molar-refractivity contribution in [1.29, 1.82) is 0 Å². The van der Waals surface area contributed by atoms with E-state index in [2.05, 4.69) is 205 Å². The minimum Gasteiger partial charge on any atom is -0.308 e. The highest BCUT2D eigenvalue weighted by molar-refractivity contribution is 6.23. The summed E-state index contributed by atoms with van der Waals surface area (Å²) in [4.78, 5) is 0. The second kappa shape index (κ2) is 11.0. The number of para-hydroxylation sites is 2. The van der Waals surface area contributed by atoms with Crippen LogP contribution in [0, 0.1) is 0 Å². The molecule has 0 fully saturated rings. The minimum atomic E-state index is -0.478. The van der Waals surface area contributed by atoms with Crippen molar-refractivity contribution in [2.45, 2.75) is 5.41 Å². The van der Waals surface area contributed by atoms with Gasteiger partial charge in [0, 0.05) is 21.5 Å². The molecule has 1 aliphatic carbocycles. The number of fused-ring (bicyclic) bond motifs is 5. The quantitative estimate of drug-likeness (QED) is 0.129. The Labute approximate surface area is 313 Å². The highest BCUT2D eigenvalue weighted by atomic mass is 15.0. The topological polar surface area (TPSA) is 4.93 Å². The van der Waals surface area contributed by atoms with Gasteiger partial charge in [-0.1, -0.05) is 176 Å². The summed E-state index contributed by atoms with van der Waals surface area (Å²) in [5.41, 5.74) is 11.0. The Hall–Kier alpha value is -6.96. The first-order valence-electron chi connectivity index (χ1n) is 18.9. The predicted molar refractivity (Wildman–Crippen MR) is 228 cm³/mol. The van der Waals surface area contributed by atoms with Gasteiger partial charge in [-0.2, -0.15) is 0 Å². The van der Waals surface area contributed by atoms with Crippen LogP contribution in [0.4, 0.5) is 0 Å². The van der Waals surface area contributed by atoms with Gasteiger partial charge in [-0.15, -0.1) is 0 Å². The zero-order valence-corrected chi connectivity index (χ0v) is 29.5. The van der Waals surface area contributed by atoms with Crippen molar-refractivity contribution in [2.75, 3.05) is 0 Å². The number of hydrogen-bond acceptors (Lipinski definition) is 0. The van der Waals surface area contributed by atoms with Crippen molar-refractivity contribution in [3.05, 3.63) is 222 Å². The molecule has 0 aliphatic heterocycles. The molecule has 0 spiro atoms. The molecule has 0 radical (unpaired) electrons. The lowest BCUT2D eigenvalue weighted by atomic mass is 9.67. The van der Waals surface area contributed by atoms with Gasteiger partial charge in [0.2, 0.25) is 0 Å². The summed E-state index contributed by atoms with van der Waals surface area (Å²) >= 11 is 0. The van der Waals surface area contributed by atoms with Crippen LogP contribution in [0.15, 0.2) is 200 Å². The molecule has 54 heavy (non-hydrogen) atoms. The number of hydrogen-bond donors (Lipinski definition) is 0. The van der Waals surface area contributed by atoms with Crippen LogP contribution in [0.5, 0.6) is 0 Å². The van der Waals surface area contributed by atoms with Crippen LogP contribution in [0.2, 0.25) is 0 Å². The lowest BCUT2D eigenvalue weighted by Crippen LogP contribution is -2.28. The highest BCUT2D eigenvalue weighted by Crippen LogP contribution is 2.57. The number of nitrogens with zero attached hydrogens (tertiary/aromatic N) is 1. The molecule has 0 saturated carbocycles. The summed E-state index contributed by atoms with van der Waals surface area (Å²) in [6.45, 7) is 0. The molecule has 0 bridgehead atoms. The Bertz CT molecular complexity index is 3160. The molecule has 11 aromatic rings. The average molecular weight is 684 g/mol. The standard InChI is InChI=1S/C53H33N/c1-3-17-37(18-4-1)53(38-19-5-2-6-20-38)45-27-15-16-34-30-31-35-32-36(33-46(53)51(35)50(34)45)49-41-23-7-9-25-43(41)52(44-26-10-8-24-42(44)49)54-47-28-13-11-21-39(47)40-22-12-14-29-48(40)54/h1-33H. The normalized spacial score (nSPS) is 13.3. The van der Waals surface area contributed by atoms with Crippen LogP contribution in [0.3, 0.4) is 0 Å². The lowest BCUT2D eigenvalue weighted by molar-refractivity contribution is 0.772. The zero-order valence-electron chi connectivity index (χ0n) is 29.5. The van der Waals surface area contributed by atoms with Crippen molar-refractivity contribution in [2.24, 2.45) is 0 Å². The molecule has 1 aromatic heterocycles.